The maximum Gasteiger partial charge on any atom is 0.292 e. The summed E-state index contributed by atoms with van der Waals surface area (Å²) in [4.78, 5) is 22.1. The summed E-state index contributed by atoms with van der Waals surface area (Å²) in [6.45, 7) is 5.82. The van der Waals surface area contributed by atoms with Crippen LogP contribution in [0, 0.1) is 15.5 Å². The molecular weight excluding hydrogens is 246 g/mol. The third-order valence-corrected chi connectivity index (χ3v) is 2.89. The molecule has 0 saturated heterocycles. The first-order chi connectivity index (χ1) is 8.71. The zero-order valence-electron chi connectivity index (χ0n) is 11.3. The van der Waals surface area contributed by atoms with Gasteiger partial charge in [-0.25, -0.2) is 0 Å². The van der Waals surface area contributed by atoms with Crippen molar-refractivity contribution in [3.05, 3.63) is 34.4 Å². The van der Waals surface area contributed by atoms with Gasteiger partial charge >= 0.3 is 0 Å². The quantitative estimate of drug-likeness (QED) is 0.644. The lowest BCUT2D eigenvalue weighted by Crippen LogP contribution is -2.38. The summed E-state index contributed by atoms with van der Waals surface area (Å²) in [6.07, 6.45) is 0.121. The number of nitrogens with two attached hydrogens (primary N) is 1. The first-order valence-electron chi connectivity index (χ1n) is 6.00. The van der Waals surface area contributed by atoms with E-state index in [0.29, 0.717) is 0 Å². The fraction of sp³-hybridized carbons (Fsp3) is 0.462. The predicted octanol–water partition coefficient (Wildman–Crippen LogP) is 2.30. The van der Waals surface area contributed by atoms with Gasteiger partial charge in [0.05, 0.1) is 4.92 Å². The summed E-state index contributed by atoms with van der Waals surface area (Å²) in [5, 5.41) is 13.3. The lowest BCUT2D eigenvalue weighted by Gasteiger charge is -2.26. The van der Waals surface area contributed by atoms with Gasteiger partial charge in [-0.3, -0.25) is 14.9 Å². The second kappa shape index (κ2) is 5.79. The molecule has 0 aliphatic rings. The Bertz CT molecular complexity index is 480. The fourth-order valence-corrected chi connectivity index (χ4v) is 1.45. The number of nitrogens with one attached hydrogen (secondary N) is 1. The van der Waals surface area contributed by atoms with Crippen LogP contribution in [-0.4, -0.2) is 16.9 Å². The number of hydrogen-bond donors (Lipinski definition) is 2. The van der Waals surface area contributed by atoms with Gasteiger partial charge in [0.15, 0.2) is 0 Å². The van der Waals surface area contributed by atoms with Crippen molar-refractivity contribution >= 4 is 17.3 Å². The minimum atomic E-state index is -0.528. The van der Waals surface area contributed by atoms with Crippen LogP contribution in [0.5, 0.6) is 0 Å². The topological polar surface area (TPSA) is 98.3 Å². The van der Waals surface area contributed by atoms with Crippen molar-refractivity contribution in [2.75, 3.05) is 5.32 Å². The van der Waals surface area contributed by atoms with Crippen molar-refractivity contribution in [3.63, 3.8) is 0 Å². The van der Waals surface area contributed by atoms with Crippen molar-refractivity contribution < 1.29 is 9.72 Å². The van der Waals surface area contributed by atoms with E-state index in [-0.39, 0.29) is 35.2 Å². The summed E-state index contributed by atoms with van der Waals surface area (Å²) in [6, 6.07) is 5.72. The molecule has 0 radical (unpaired) electrons. The maximum atomic E-state index is 11.8. The molecule has 0 aliphatic carbocycles. The second-order valence-corrected chi connectivity index (χ2v) is 5.50. The van der Waals surface area contributed by atoms with E-state index in [4.69, 9.17) is 5.73 Å². The van der Waals surface area contributed by atoms with Crippen LogP contribution in [0.4, 0.5) is 11.4 Å². The van der Waals surface area contributed by atoms with Crippen LogP contribution in [0.3, 0.4) is 0 Å². The average molecular weight is 265 g/mol. The maximum absolute atomic E-state index is 11.8. The Morgan fingerprint density at radius 1 is 1.42 bits per heavy atom. The second-order valence-electron chi connectivity index (χ2n) is 5.50. The smallest absolute Gasteiger partial charge is 0.292 e. The molecule has 1 unspecified atom stereocenters. The molecule has 1 amide bonds. The van der Waals surface area contributed by atoms with E-state index < -0.39 is 4.92 Å². The van der Waals surface area contributed by atoms with Crippen LogP contribution in [0.1, 0.15) is 27.2 Å². The zero-order valence-corrected chi connectivity index (χ0v) is 11.3. The number of nitro benzene ring substituents is 1. The van der Waals surface area contributed by atoms with E-state index >= 15 is 0 Å². The molecular formula is C13H19N3O3. The third-order valence-electron chi connectivity index (χ3n) is 2.89. The van der Waals surface area contributed by atoms with Crippen molar-refractivity contribution in [2.24, 2.45) is 11.1 Å². The normalized spacial score (nSPS) is 12.8. The molecule has 0 saturated carbocycles. The van der Waals surface area contributed by atoms with Crippen LogP contribution in [0.2, 0.25) is 0 Å². The Kier molecular flexibility index (Phi) is 4.61. The van der Waals surface area contributed by atoms with Crippen LogP contribution in [0.25, 0.3) is 0 Å². The Labute approximate surface area is 112 Å². The molecule has 1 rings (SSSR count). The summed E-state index contributed by atoms with van der Waals surface area (Å²) in [7, 11) is 0. The SMILES string of the molecule is CC(C)(C)C(N)CC(=O)Nc1ccccc1[N+](=O)[O-]. The third kappa shape index (κ3) is 4.33. The van der Waals surface area contributed by atoms with Crippen LogP contribution >= 0.6 is 0 Å². The largest absolute Gasteiger partial charge is 0.327 e. The van der Waals surface area contributed by atoms with Gasteiger partial charge in [-0.05, 0) is 11.5 Å². The van der Waals surface area contributed by atoms with Gasteiger partial charge in [-0.15, -0.1) is 0 Å². The van der Waals surface area contributed by atoms with Crippen LogP contribution < -0.4 is 11.1 Å². The monoisotopic (exact) mass is 265 g/mol. The van der Waals surface area contributed by atoms with E-state index in [1.165, 1.54) is 12.1 Å². The van der Waals surface area contributed by atoms with Crippen LogP contribution in [-0.2, 0) is 4.79 Å². The molecule has 19 heavy (non-hydrogen) atoms. The Balaban J connectivity index is 2.76. The first-order valence-corrected chi connectivity index (χ1v) is 6.00. The first kappa shape index (κ1) is 15.1. The van der Waals surface area contributed by atoms with Crippen molar-refractivity contribution in [3.8, 4) is 0 Å². The van der Waals surface area contributed by atoms with Gasteiger partial charge < -0.3 is 11.1 Å². The average Bonchev–Trinajstić information content (AvgIpc) is 2.27. The highest BCUT2D eigenvalue weighted by Gasteiger charge is 2.24. The summed E-state index contributed by atoms with van der Waals surface area (Å²) < 4.78 is 0. The van der Waals surface area contributed by atoms with Gasteiger partial charge in [0, 0.05) is 18.5 Å². The molecule has 104 valence electrons. The molecule has 0 aromatic heterocycles. The Hall–Kier alpha value is -1.95. The molecule has 0 spiro atoms. The molecule has 6 nitrogen and oxygen atoms in total. The van der Waals surface area contributed by atoms with Gasteiger partial charge in [-0.1, -0.05) is 32.9 Å². The molecule has 3 N–H and O–H groups in total. The number of amides is 1. The zero-order chi connectivity index (χ0) is 14.6. The van der Waals surface area contributed by atoms with E-state index in [1.54, 1.807) is 12.1 Å². The van der Waals surface area contributed by atoms with Crippen molar-refractivity contribution in [1.29, 1.82) is 0 Å². The number of nitrogens with zero attached hydrogens (tertiary/aromatic N) is 1. The van der Waals surface area contributed by atoms with E-state index in [9.17, 15) is 14.9 Å². The molecule has 0 heterocycles. The van der Waals surface area contributed by atoms with Gasteiger partial charge in [0.2, 0.25) is 5.91 Å². The molecule has 1 aromatic carbocycles. The number of para-hydroxylation sites is 2. The number of carbonyl (C=O) groups excluding carboxylic acids is 1. The highest BCUT2D eigenvalue weighted by Crippen LogP contribution is 2.24. The lowest BCUT2D eigenvalue weighted by atomic mass is 9.85. The standard InChI is InChI=1S/C13H19N3O3/c1-13(2,3)11(14)8-12(17)15-9-6-4-5-7-10(9)16(18)19/h4-7,11H,8,14H2,1-3H3,(H,15,17). The number of anilines is 1. The molecule has 1 atom stereocenters. The summed E-state index contributed by atoms with van der Waals surface area (Å²) in [5.74, 6) is -0.322. The molecule has 0 fully saturated rings. The van der Waals surface area contributed by atoms with Crippen molar-refractivity contribution in [1.82, 2.24) is 0 Å². The van der Waals surface area contributed by atoms with Gasteiger partial charge in [0.1, 0.15) is 5.69 Å². The predicted molar refractivity (Wildman–Crippen MR) is 73.8 cm³/mol. The lowest BCUT2D eigenvalue weighted by molar-refractivity contribution is -0.383. The number of benzene rings is 1. The van der Waals surface area contributed by atoms with E-state index in [0.717, 1.165) is 0 Å². The molecule has 0 aliphatic heterocycles. The highest BCUT2D eigenvalue weighted by molar-refractivity contribution is 5.93. The molecule has 1 aromatic rings. The number of carbonyl (C=O) groups is 1. The summed E-state index contributed by atoms with van der Waals surface area (Å²) in [5.41, 5.74) is 5.78. The van der Waals surface area contributed by atoms with Crippen molar-refractivity contribution in [2.45, 2.75) is 33.2 Å². The van der Waals surface area contributed by atoms with Crippen LogP contribution in [0.15, 0.2) is 24.3 Å². The fourth-order valence-electron chi connectivity index (χ4n) is 1.45. The van der Waals surface area contributed by atoms with Gasteiger partial charge in [-0.2, -0.15) is 0 Å². The Morgan fingerprint density at radius 2 is 2.00 bits per heavy atom. The summed E-state index contributed by atoms with van der Waals surface area (Å²) >= 11 is 0. The number of hydrogen-bond acceptors (Lipinski definition) is 4. The van der Waals surface area contributed by atoms with E-state index in [1.807, 2.05) is 20.8 Å². The van der Waals surface area contributed by atoms with Gasteiger partial charge in [0.25, 0.3) is 5.69 Å². The number of nitro groups is 1. The molecule has 0 bridgehead atoms. The minimum absolute atomic E-state index is 0.121. The minimum Gasteiger partial charge on any atom is -0.327 e. The molecule has 6 heteroatoms. The number of rotatable bonds is 4. The Morgan fingerprint density at radius 3 is 2.53 bits per heavy atom. The van der Waals surface area contributed by atoms with E-state index in [2.05, 4.69) is 5.32 Å². The highest BCUT2D eigenvalue weighted by atomic mass is 16.6.